The van der Waals surface area contributed by atoms with Gasteiger partial charge in [-0.2, -0.15) is 0 Å². The van der Waals surface area contributed by atoms with Crippen LogP contribution in [0, 0.1) is 0 Å². The number of ether oxygens (including phenoxy) is 4. The lowest BCUT2D eigenvalue weighted by atomic mass is 9.99. The maximum Gasteiger partial charge on any atom is 0.303 e. The normalized spacial score (nSPS) is 30.4. The Balaban J connectivity index is 2.97. The highest BCUT2D eigenvalue weighted by molar-refractivity contribution is 7.99. The molecule has 1 N–H and O–H groups in total. The first-order chi connectivity index (χ1) is 10.8. The minimum Gasteiger partial charge on any atom is -0.463 e. The number of aliphatic hydroxyl groups is 1. The van der Waals surface area contributed by atoms with Gasteiger partial charge >= 0.3 is 17.9 Å². The fourth-order valence-electron chi connectivity index (χ4n) is 2.18. The third-order valence-electron chi connectivity index (χ3n) is 3.00. The van der Waals surface area contributed by atoms with E-state index in [0.717, 1.165) is 0 Å². The van der Waals surface area contributed by atoms with Crippen LogP contribution in [0.15, 0.2) is 0 Å². The van der Waals surface area contributed by atoms with Crippen LogP contribution in [0.2, 0.25) is 0 Å². The van der Waals surface area contributed by atoms with Gasteiger partial charge in [-0.05, 0) is 5.75 Å². The van der Waals surface area contributed by atoms with Crippen molar-refractivity contribution >= 4 is 29.7 Å². The predicted octanol–water partition coefficient (Wildman–Crippen LogP) is 0.252. The van der Waals surface area contributed by atoms with Gasteiger partial charge in [0.05, 0.1) is 0 Å². The number of rotatable bonds is 6. The molecule has 1 aliphatic rings. The van der Waals surface area contributed by atoms with Gasteiger partial charge in [0.15, 0.2) is 12.2 Å². The Labute approximate surface area is 138 Å². The van der Waals surface area contributed by atoms with Crippen molar-refractivity contribution in [3.63, 3.8) is 0 Å². The summed E-state index contributed by atoms with van der Waals surface area (Å²) < 4.78 is 20.8. The second-order valence-corrected chi connectivity index (χ2v) is 6.31. The van der Waals surface area contributed by atoms with Crippen molar-refractivity contribution < 1.29 is 38.4 Å². The van der Waals surface area contributed by atoms with Gasteiger partial charge in [-0.3, -0.25) is 14.4 Å². The molecule has 1 rings (SSSR count). The maximum atomic E-state index is 11.3. The van der Waals surface area contributed by atoms with Gasteiger partial charge in [0.25, 0.3) is 0 Å². The molecule has 0 amide bonds. The van der Waals surface area contributed by atoms with Crippen LogP contribution in [0.25, 0.3) is 0 Å². The van der Waals surface area contributed by atoms with Gasteiger partial charge in [0, 0.05) is 20.8 Å². The van der Waals surface area contributed by atoms with Crippen LogP contribution in [0.1, 0.15) is 27.7 Å². The maximum absolute atomic E-state index is 11.3. The molecule has 0 saturated carbocycles. The number of carbonyl (C=O) groups is 3. The van der Waals surface area contributed by atoms with Crippen LogP contribution in [-0.2, 0) is 33.3 Å². The molecule has 0 aromatic rings. The molecule has 5 atom stereocenters. The second-order valence-electron chi connectivity index (χ2n) is 4.94. The molecule has 0 bridgehead atoms. The third-order valence-corrected chi connectivity index (χ3v) is 4.04. The van der Waals surface area contributed by atoms with Crippen LogP contribution in [-0.4, -0.2) is 65.2 Å². The van der Waals surface area contributed by atoms with Crippen LogP contribution in [0.4, 0.5) is 0 Å². The van der Waals surface area contributed by atoms with E-state index in [2.05, 4.69) is 0 Å². The Bertz CT molecular complexity index is 438. The summed E-state index contributed by atoms with van der Waals surface area (Å²) in [5, 5.41) is 10.5. The molecule has 132 valence electrons. The Morgan fingerprint density at radius 1 is 1.04 bits per heavy atom. The zero-order valence-electron chi connectivity index (χ0n) is 13.5. The van der Waals surface area contributed by atoms with E-state index in [9.17, 15) is 19.5 Å². The van der Waals surface area contributed by atoms with Crippen molar-refractivity contribution in [3.05, 3.63) is 0 Å². The first-order valence-electron chi connectivity index (χ1n) is 7.19. The molecule has 0 aliphatic carbocycles. The van der Waals surface area contributed by atoms with Crippen molar-refractivity contribution in [2.75, 3.05) is 12.4 Å². The largest absolute Gasteiger partial charge is 0.463 e. The summed E-state index contributed by atoms with van der Waals surface area (Å²) in [7, 11) is 0. The van der Waals surface area contributed by atoms with E-state index in [1.165, 1.54) is 32.5 Å². The van der Waals surface area contributed by atoms with Crippen molar-refractivity contribution in [1.29, 1.82) is 0 Å². The third kappa shape index (κ3) is 6.00. The smallest absolute Gasteiger partial charge is 0.303 e. The first kappa shape index (κ1) is 19.7. The standard InChI is InChI=1S/C14H22O8S/c1-5-23-14-13(21-9(4)17)11(18)12(20-8(3)16)10(22-14)6-19-7(2)15/h10-14,18H,5-6H2,1-4H3. The van der Waals surface area contributed by atoms with E-state index in [4.69, 9.17) is 18.9 Å². The van der Waals surface area contributed by atoms with Gasteiger partial charge in [-0.15, -0.1) is 11.8 Å². The highest BCUT2D eigenvalue weighted by atomic mass is 32.2. The SMILES string of the molecule is CCSC1OC(COC(C)=O)C(OC(C)=O)C(O)C1OC(C)=O. The Morgan fingerprint density at radius 2 is 1.61 bits per heavy atom. The monoisotopic (exact) mass is 350 g/mol. The lowest BCUT2D eigenvalue weighted by Crippen LogP contribution is -2.60. The van der Waals surface area contributed by atoms with Crippen LogP contribution in [0.5, 0.6) is 0 Å². The van der Waals surface area contributed by atoms with Crippen molar-refractivity contribution in [2.45, 2.75) is 57.5 Å². The van der Waals surface area contributed by atoms with Crippen LogP contribution >= 0.6 is 11.8 Å². The molecule has 1 heterocycles. The van der Waals surface area contributed by atoms with Gasteiger partial charge < -0.3 is 24.1 Å². The molecule has 1 saturated heterocycles. The molecule has 9 heteroatoms. The minimum atomic E-state index is -1.29. The fraction of sp³-hybridized carbons (Fsp3) is 0.786. The molecule has 23 heavy (non-hydrogen) atoms. The van der Waals surface area contributed by atoms with E-state index < -0.39 is 47.8 Å². The summed E-state index contributed by atoms with van der Waals surface area (Å²) >= 11 is 1.32. The summed E-state index contributed by atoms with van der Waals surface area (Å²) in [6, 6.07) is 0. The zero-order valence-corrected chi connectivity index (χ0v) is 14.3. The zero-order chi connectivity index (χ0) is 17.6. The summed E-state index contributed by atoms with van der Waals surface area (Å²) in [6.07, 6.45) is -4.24. The van der Waals surface area contributed by atoms with E-state index in [-0.39, 0.29) is 6.61 Å². The van der Waals surface area contributed by atoms with Crippen LogP contribution < -0.4 is 0 Å². The highest BCUT2D eigenvalue weighted by Crippen LogP contribution is 2.32. The summed E-state index contributed by atoms with van der Waals surface area (Å²) in [5.74, 6) is -1.09. The molecule has 0 spiro atoms. The molecule has 1 fully saturated rings. The van der Waals surface area contributed by atoms with Gasteiger partial charge in [-0.1, -0.05) is 6.92 Å². The van der Waals surface area contributed by atoms with Crippen molar-refractivity contribution in [1.82, 2.24) is 0 Å². The lowest BCUT2D eigenvalue weighted by Gasteiger charge is -2.42. The van der Waals surface area contributed by atoms with E-state index in [1.54, 1.807) is 0 Å². The van der Waals surface area contributed by atoms with E-state index in [1.807, 2.05) is 6.92 Å². The molecular formula is C14H22O8S. The Hall–Kier alpha value is -1.32. The fourth-order valence-corrected chi connectivity index (χ4v) is 3.14. The van der Waals surface area contributed by atoms with E-state index >= 15 is 0 Å². The van der Waals surface area contributed by atoms with Crippen molar-refractivity contribution in [3.8, 4) is 0 Å². The quantitative estimate of drug-likeness (QED) is 0.532. The molecule has 0 aromatic heterocycles. The Morgan fingerprint density at radius 3 is 2.09 bits per heavy atom. The number of carbonyl (C=O) groups excluding carboxylic acids is 3. The molecule has 5 unspecified atom stereocenters. The molecular weight excluding hydrogens is 328 g/mol. The topological polar surface area (TPSA) is 108 Å². The predicted molar refractivity (Wildman–Crippen MR) is 80.5 cm³/mol. The Kier molecular flexibility index (Phi) is 7.80. The van der Waals surface area contributed by atoms with Crippen LogP contribution in [0.3, 0.4) is 0 Å². The molecule has 8 nitrogen and oxygen atoms in total. The number of hydrogen-bond acceptors (Lipinski definition) is 9. The summed E-state index contributed by atoms with van der Waals surface area (Å²) in [6.45, 7) is 5.33. The number of thioether (sulfide) groups is 1. The van der Waals surface area contributed by atoms with Gasteiger partial charge in [0.1, 0.15) is 24.3 Å². The average molecular weight is 350 g/mol. The van der Waals surface area contributed by atoms with Crippen molar-refractivity contribution in [2.24, 2.45) is 0 Å². The van der Waals surface area contributed by atoms with E-state index in [0.29, 0.717) is 5.75 Å². The minimum absolute atomic E-state index is 0.183. The molecule has 1 aliphatic heterocycles. The molecule has 0 aromatic carbocycles. The lowest BCUT2D eigenvalue weighted by molar-refractivity contribution is -0.229. The summed E-state index contributed by atoms with van der Waals surface area (Å²) in [4.78, 5) is 33.5. The van der Waals surface area contributed by atoms with Gasteiger partial charge in [-0.25, -0.2) is 0 Å². The first-order valence-corrected chi connectivity index (χ1v) is 8.24. The number of esters is 3. The average Bonchev–Trinajstić information content (AvgIpc) is 2.43. The number of hydrogen-bond donors (Lipinski definition) is 1. The second kappa shape index (κ2) is 9.09. The molecule has 0 radical (unpaired) electrons. The van der Waals surface area contributed by atoms with Gasteiger partial charge in [0.2, 0.25) is 0 Å². The number of aliphatic hydroxyl groups excluding tert-OH is 1. The highest BCUT2D eigenvalue weighted by Gasteiger charge is 2.49. The summed E-state index contributed by atoms with van der Waals surface area (Å²) in [5.41, 5.74) is -0.661.